The summed E-state index contributed by atoms with van der Waals surface area (Å²) in [6.07, 6.45) is 2.84. The predicted molar refractivity (Wildman–Crippen MR) is 72.4 cm³/mol. The number of aromatic amines is 1. The molecule has 0 atom stereocenters. The van der Waals surface area contributed by atoms with Crippen molar-refractivity contribution in [3.05, 3.63) is 21.6 Å². The number of nitrogens with one attached hydrogen (secondary N) is 1. The molecule has 0 amide bonds. The molecule has 98 valence electrons. The normalized spacial score (nSPS) is 11.7. The summed E-state index contributed by atoms with van der Waals surface area (Å²) in [7, 11) is 0. The van der Waals surface area contributed by atoms with Crippen molar-refractivity contribution in [3.63, 3.8) is 0 Å². The summed E-state index contributed by atoms with van der Waals surface area (Å²) in [5.41, 5.74) is 2.34. The van der Waals surface area contributed by atoms with E-state index in [0.29, 0.717) is 11.8 Å². The van der Waals surface area contributed by atoms with Gasteiger partial charge in [0, 0.05) is 17.8 Å². The van der Waals surface area contributed by atoms with Crippen molar-refractivity contribution in [3.8, 4) is 0 Å². The van der Waals surface area contributed by atoms with Crippen LogP contribution in [0, 0.1) is 11.8 Å². The molecule has 3 nitrogen and oxygen atoms in total. The van der Waals surface area contributed by atoms with Gasteiger partial charge in [0.1, 0.15) is 0 Å². The second-order valence-electron chi connectivity index (χ2n) is 5.72. The SMILES string of the molecule is CCCn1[nH]c(CC(C)C)c(CC(C)C)c1=O. The van der Waals surface area contributed by atoms with E-state index in [0.717, 1.165) is 37.1 Å². The van der Waals surface area contributed by atoms with Crippen molar-refractivity contribution in [2.24, 2.45) is 11.8 Å². The van der Waals surface area contributed by atoms with Gasteiger partial charge >= 0.3 is 0 Å². The van der Waals surface area contributed by atoms with Gasteiger partial charge in [0.05, 0.1) is 0 Å². The van der Waals surface area contributed by atoms with Crippen molar-refractivity contribution in [2.45, 2.75) is 60.4 Å². The van der Waals surface area contributed by atoms with Gasteiger partial charge in [0.25, 0.3) is 5.56 Å². The summed E-state index contributed by atoms with van der Waals surface area (Å²) < 4.78 is 1.77. The van der Waals surface area contributed by atoms with Crippen LogP contribution in [0.4, 0.5) is 0 Å². The molecule has 1 aromatic rings. The maximum atomic E-state index is 12.2. The zero-order valence-electron chi connectivity index (χ0n) is 11.8. The number of aryl methyl sites for hydroxylation is 1. The Labute approximate surface area is 104 Å². The molecule has 17 heavy (non-hydrogen) atoms. The van der Waals surface area contributed by atoms with Crippen LogP contribution in [0.15, 0.2) is 4.79 Å². The van der Waals surface area contributed by atoms with E-state index in [9.17, 15) is 4.79 Å². The molecule has 1 aromatic heterocycles. The number of aromatic nitrogens is 2. The first kappa shape index (κ1) is 14.1. The second kappa shape index (κ2) is 6.08. The lowest BCUT2D eigenvalue weighted by Gasteiger charge is -2.06. The summed E-state index contributed by atoms with van der Waals surface area (Å²) >= 11 is 0. The minimum Gasteiger partial charge on any atom is -0.299 e. The van der Waals surface area contributed by atoms with Crippen LogP contribution in [0.25, 0.3) is 0 Å². The highest BCUT2D eigenvalue weighted by atomic mass is 16.1. The number of nitrogens with zero attached hydrogens (tertiary/aromatic N) is 1. The Balaban J connectivity index is 3.07. The lowest BCUT2D eigenvalue weighted by Crippen LogP contribution is -2.19. The molecular weight excluding hydrogens is 212 g/mol. The third kappa shape index (κ3) is 3.76. The lowest BCUT2D eigenvalue weighted by molar-refractivity contribution is 0.562. The summed E-state index contributed by atoms with van der Waals surface area (Å²) in [6, 6.07) is 0. The van der Waals surface area contributed by atoms with Gasteiger partial charge in [0.15, 0.2) is 0 Å². The highest BCUT2D eigenvalue weighted by Crippen LogP contribution is 2.13. The minimum atomic E-state index is 0.191. The topological polar surface area (TPSA) is 37.8 Å². The maximum absolute atomic E-state index is 12.2. The maximum Gasteiger partial charge on any atom is 0.269 e. The molecule has 0 spiro atoms. The summed E-state index contributed by atoms with van der Waals surface area (Å²) in [6.45, 7) is 11.6. The van der Waals surface area contributed by atoms with E-state index in [1.54, 1.807) is 4.68 Å². The van der Waals surface area contributed by atoms with Crippen LogP contribution in [-0.2, 0) is 19.4 Å². The predicted octanol–water partition coefficient (Wildman–Crippen LogP) is 2.98. The molecule has 0 aromatic carbocycles. The Morgan fingerprint density at radius 1 is 1.12 bits per heavy atom. The fourth-order valence-corrected chi connectivity index (χ4v) is 2.15. The van der Waals surface area contributed by atoms with Crippen molar-refractivity contribution < 1.29 is 0 Å². The Morgan fingerprint density at radius 3 is 2.18 bits per heavy atom. The Bertz CT molecular complexity index is 399. The molecule has 0 saturated heterocycles. The highest BCUT2D eigenvalue weighted by molar-refractivity contribution is 5.18. The van der Waals surface area contributed by atoms with Crippen LogP contribution >= 0.6 is 0 Å². The molecule has 0 fully saturated rings. The minimum absolute atomic E-state index is 0.191. The summed E-state index contributed by atoms with van der Waals surface area (Å²) in [5.74, 6) is 1.11. The van der Waals surface area contributed by atoms with Crippen LogP contribution < -0.4 is 5.56 Å². The second-order valence-corrected chi connectivity index (χ2v) is 5.72. The molecule has 0 aliphatic carbocycles. The van der Waals surface area contributed by atoms with Gasteiger partial charge in [-0.15, -0.1) is 0 Å². The zero-order chi connectivity index (χ0) is 13.0. The average molecular weight is 238 g/mol. The monoisotopic (exact) mass is 238 g/mol. The Kier molecular flexibility index (Phi) is 5.03. The largest absolute Gasteiger partial charge is 0.299 e. The van der Waals surface area contributed by atoms with Gasteiger partial charge in [0.2, 0.25) is 0 Å². The molecule has 0 aliphatic rings. The van der Waals surface area contributed by atoms with Crippen molar-refractivity contribution >= 4 is 0 Å². The number of H-pyrrole nitrogens is 1. The molecule has 0 unspecified atom stereocenters. The van der Waals surface area contributed by atoms with Gasteiger partial charge in [-0.25, -0.2) is 0 Å². The standard InChI is InChI=1S/C14H26N2O/c1-6-7-16-14(17)12(8-10(2)3)13(15-16)9-11(4)5/h10-11,15H,6-9H2,1-5H3. The molecule has 0 saturated carbocycles. The fourth-order valence-electron chi connectivity index (χ4n) is 2.15. The third-order valence-corrected chi connectivity index (χ3v) is 2.81. The molecule has 0 aliphatic heterocycles. The molecular formula is C14H26N2O. The fraction of sp³-hybridized carbons (Fsp3) is 0.786. The number of rotatable bonds is 6. The van der Waals surface area contributed by atoms with Gasteiger partial charge in [-0.2, -0.15) is 0 Å². The molecule has 1 rings (SSSR count). The van der Waals surface area contributed by atoms with E-state index < -0.39 is 0 Å². The number of hydrogen-bond donors (Lipinski definition) is 1. The Morgan fingerprint density at radius 2 is 1.71 bits per heavy atom. The van der Waals surface area contributed by atoms with E-state index in [4.69, 9.17) is 0 Å². The van der Waals surface area contributed by atoms with E-state index in [2.05, 4.69) is 39.7 Å². The van der Waals surface area contributed by atoms with Crippen LogP contribution in [-0.4, -0.2) is 9.78 Å². The third-order valence-electron chi connectivity index (χ3n) is 2.81. The van der Waals surface area contributed by atoms with Crippen LogP contribution in [0.2, 0.25) is 0 Å². The van der Waals surface area contributed by atoms with Gasteiger partial charge in [-0.1, -0.05) is 34.6 Å². The molecule has 3 heteroatoms. The zero-order valence-corrected chi connectivity index (χ0v) is 11.8. The molecule has 1 heterocycles. The average Bonchev–Trinajstić information content (AvgIpc) is 2.46. The van der Waals surface area contributed by atoms with E-state index in [1.165, 1.54) is 0 Å². The van der Waals surface area contributed by atoms with E-state index >= 15 is 0 Å². The van der Waals surface area contributed by atoms with Crippen molar-refractivity contribution in [2.75, 3.05) is 0 Å². The summed E-state index contributed by atoms with van der Waals surface area (Å²) in [4.78, 5) is 12.2. The van der Waals surface area contributed by atoms with Crippen molar-refractivity contribution in [1.29, 1.82) is 0 Å². The van der Waals surface area contributed by atoms with E-state index in [-0.39, 0.29) is 5.56 Å². The Hall–Kier alpha value is -0.990. The van der Waals surface area contributed by atoms with Gasteiger partial charge in [-0.3, -0.25) is 14.6 Å². The number of hydrogen-bond acceptors (Lipinski definition) is 1. The summed E-state index contributed by atoms with van der Waals surface area (Å²) in [5, 5.41) is 3.29. The first-order valence-corrected chi connectivity index (χ1v) is 6.76. The smallest absolute Gasteiger partial charge is 0.269 e. The lowest BCUT2D eigenvalue weighted by atomic mass is 9.99. The highest BCUT2D eigenvalue weighted by Gasteiger charge is 2.15. The first-order valence-electron chi connectivity index (χ1n) is 6.76. The van der Waals surface area contributed by atoms with E-state index in [1.807, 2.05) is 0 Å². The van der Waals surface area contributed by atoms with Crippen LogP contribution in [0.5, 0.6) is 0 Å². The van der Waals surface area contributed by atoms with Gasteiger partial charge < -0.3 is 0 Å². The van der Waals surface area contributed by atoms with Gasteiger partial charge in [-0.05, 0) is 31.1 Å². The molecule has 0 bridgehead atoms. The molecule has 0 radical (unpaired) electrons. The van der Waals surface area contributed by atoms with Crippen LogP contribution in [0.1, 0.15) is 52.3 Å². The molecule has 1 N–H and O–H groups in total. The van der Waals surface area contributed by atoms with Crippen LogP contribution in [0.3, 0.4) is 0 Å². The first-order chi connectivity index (χ1) is 7.95. The quantitative estimate of drug-likeness (QED) is 0.813. The van der Waals surface area contributed by atoms with Crippen molar-refractivity contribution in [1.82, 2.24) is 9.78 Å².